The fourth-order valence-corrected chi connectivity index (χ4v) is 2.60. The number of urea groups is 1. The number of carbonyl (C=O) groups is 1. The van der Waals surface area contributed by atoms with Gasteiger partial charge in [-0.2, -0.15) is 0 Å². The summed E-state index contributed by atoms with van der Waals surface area (Å²) in [4.78, 5) is 16.2. The fourth-order valence-electron chi connectivity index (χ4n) is 2.09. The van der Waals surface area contributed by atoms with Gasteiger partial charge >= 0.3 is 6.03 Å². The molecule has 0 bridgehead atoms. The van der Waals surface area contributed by atoms with Gasteiger partial charge in [0.2, 0.25) is 0 Å². The standard InChI is InChI=1S/C17H27Cl2N3O2/c1-17(2,3)22(16(23)20-6-7-21(4)5)8-9-24-15-11-13(18)10-14(19)12-15/h10-12H,6-9H2,1-5H3,(H,20,23). The number of benzene rings is 1. The molecule has 1 rings (SSSR count). The van der Waals surface area contributed by atoms with Gasteiger partial charge in [0.05, 0.1) is 6.54 Å². The number of nitrogens with zero attached hydrogens (tertiary/aromatic N) is 2. The summed E-state index contributed by atoms with van der Waals surface area (Å²) < 4.78 is 5.69. The van der Waals surface area contributed by atoms with Crippen molar-refractivity contribution in [2.24, 2.45) is 0 Å². The van der Waals surface area contributed by atoms with E-state index in [0.29, 0.717) is 35.5 Å². The lowest BCUT2D eigenvalue weighted by atomic mass is 10.1. The van der Waals surface area contributed by atoms with Crippen LogP contribution in [0.4, 0.5) is 4.79 Å². The third-order valence-corrected chi connectivity index (χ3v) is 3.75. The molecular weight excluding hydrogens is 349 g/mol. The fraction of sp³-hybridized carbons (Fsp3) is 0.588. The number of nitrogens with one attached hydrogen (secondary N) is 1. The van der Waals surface area contributed by atoms with Crippen molar-refractivity contribution in [3.8, 4) is 5.75 Å². The molecule has 0 aromatic heterocycles. The maximum absolute atomic E-state index is 12.4. The molecule has 136 valence electrons. The van der Waals surface area contributed by atoms with E-state index in [1.54, 1.807) is 23.1 Å². The van der Waals surface area contributed by atoms with Crippen LogP contribution in [0.2, 0.25) is 10.0 Å². The van der Waals surface area contributed by atoms with Crippen LogP contribution in [0.25, 0.3) is 0 Å². The first-order valence-electron chi connectivity index (χ1n) is 7.88. The number of hydrogen-bond acceptors (Lipinski definition) is 3. The molecule has 0 aliphatic carbocycles. The van der Waals surface area contributed by atoms with Crippen LogP contribution in [-0.2, 0) is 0 Å². The minimum atomic E-state index is -0.308. The number of ether oxygens (including phenoxy) is 1. The number of carbonyl (C=O) groups excluding carboxylic acids is 1. The average molecular weight is 376 g/mol. The molecule has 0 aliphatic heterocycles. The van der Waals surface area contributed by atoms with Gasteiger partial charge in [0, 0.05) is 28.7 Å². The molecule has 1 aromatic rings. The van der Waals surface area contributed by atoms with Crippen LogP contribution in [0.1, 0.15) is 20.8 Å². The SMILES string of the molecule is CN(C)CCNC(=O)N(CCOc1cc(Cl)cc(Cl)c1)C(C)(C)C. The molecule has 2 amide bonds. The molecule has 0 saturated heterocycles. The Kier molecular flexibility index (Phi) is 8.13. The summed E-state index contributed by atoms with van der Waals surface area (Å²) in [6, 6.07) is 4.95. The van der Waals surface area contributed by atoms with E-state index in [0.717, 1.165) is 6.54 Å². The zero-order chi connectivity index (χ0) is 18.3. The first-order valence-corrected chi connectivity index (χ1v) is 8.64. The highest BCUT2D eigenvalue weighted by Crippen LogP contribution is 2.24. The predicted octanol–water partition coefficient (Wildman–Crippen LogP) is 3.74. The molecule has 1 N–H and O–H groups in total. The number of rotatable bonds is 7. The average Bonchev–Trinajstić information content (AvgIpc) is 2.40. The van der Waals surface area contributed by atoms with Crippen molar-refractivity contribution in [1.29, 1.82) is 0 Å². The van der Waals surface area contributed by atoms with E-state index < -0.39 is 0 Å². The molecule has 24 heavy (non-hydrogen) atoms. The van der Waals surface area contributed by atoms with E-state index in [4.69, 9.17) is 27.9 Å². The van der Waals surface area contributed by atoms with E-state index in [-0.39, 0.29) is 11.6 Å². The van der Waals surface area contributed by atoms with Gasteiger partial charge in [-0.05, 0) is 53.1 Å². The number of likely N-dealkylation sites (N-methyl/N-ethyl adjacent to an activating group) is 1. The molecular formula is C17H27Cl2N3O2. The van der Waals surface area contributed by atoms with Gasteiger partial charge in [-0.1, -0.05) is 23.2 Å². The van der Waals surface area contributed by atoms with Gasteiger partial charge in [-0.3, -0.25) is 0 Å². The highest BCUT2D eigenvalue weighted by Gasteiger charge is 2.26. The summed E-state index contributed by atoms with van der Waals surface area (Å²) in [5.74, 6) is 0.592. The Balaban J connectivity index is 2.58. The van der Waals surface area contributed by atoms with E-state index in [2.05, 4.69) is 5.32 Å². The normalized spacial score (nSPS) is 11.5. The zero-order valence-electron chi connectivity index (χ0n) is 15.0. The first-order chi connectivity index (χ1) is 11.1. The van der Waals surface area contributed by atoms with Gasteiger partial charge in [-0.15, -0.1) is 0 Å². The Hall–Kier alpha value is -1.17. The number of hydrogen-bond donors (Lipinski definition) is 1. The molecule has 0 fully saturated rings. The van der Waals surface area contributed by atoms with Crippen molar-refractivity contribution in [2.75, 3.05) is 40.3 Å². The van der Waals surface area contributed by atoms with Crippen LogP contribution in [0.3, 0.4) is 0 Å². The summed E-state index contributed by atoms with van der Waals surface area (Å²) in [7, 11) is 3.94. The zero-order valence-corrected chi connectivity index (χ0v) is 16.5. The highest BCUT2D eigenvalue weighted by atomic mass is 35.5. The smallest absolute Gasteiger partial charge is 0.317 e. The Labute approximate surface area is 154 Å². The Morgan fingerprint density at radius 1 is 1.12 bits per heavy atom. The van der Waals surface area contributed by atoms with Crippen molar-refractivity contribution >= 4 is 29.2 Å². The molecule has 0 saturated carbocycles. The molecule has 0 aliphatic rings. The predicted molar refractivity (Wildman–Crippen MR) is 100 cm³/mol. The van der Waals surface area contributed by atoms with Gasteiger partial charge in [0.1, 0.15) is 12.4 Å². The van der Waals surface area contributed by atoms with Crippen LogP contribution in [0.5, 0.6) is 5.75 Å². The molecule has 0 spiro atoms. The lowest BCUT2D eigenvalue weighted by Gasteiger charge is -2.35. The van der Waals surface area contributed by atoms with Gasteiger partial charge in [-0.25, -0.2) is 4.79 Å². The maximum atomic E-state index is 12.4. The third kappa shape index (κ3) is 7.60. The molecule has 0 radical (unpaired) electrons. The van der Waals surface area contributed by atoms with E-state index in [1.807, 2.05) is 39.8 Å². The van der Waals surface area contributed by atoms with Crippen LogP contribution in [0, 0.1) is 0 Å². The second kappa shape index (κ2) is 9.35. The Bertz CT molecular complexity index is 525. The van der Waals surface area contributed by atoms with E-state index in [1.165, 1.54) is 0 Å². The van der Waals surface area contributed by atoms with Crippen molar-refractivity contribution in [3.05, 3.63) is 28.2 Å². The van der Waals surface area contributed by atoms with Crippen molar-refractivity contribution in [3.63, 3.8) is 0 Å². The second-order valence-electron chi connectivity index (χ2n) is 6.81. The van der Waals surface area contributed by atoms with Crippen LogP contribution in [-0.4, -0.2) is 61.7 Å². The third-order valence-electron chi connectivity index (χ3n) is 3.31. The molecule has 7 heteroatoms. The molecule has 1 aromatic carbocycles. The van der Waals surface area contributed by atoms with Crippen molar-refractivity contribution in [2.45, 2.75) is 26.3 Å². The largest absolute Gasteiger partial charge is 0.492 e. The van der Waals surface area contributed by atoms with E-state index >= 15 is 0 Å². The lowest BCUT2D eigenvalue weighted by Crippen LogP contribution is -2.52. The second-order valence-corrected chi connectivity index (χ2v) is 7.68. The Morgan fingerprint density at radius 2 is 1.71 bits per heavy atom. The van der Waals surface area contributed by atoms with E-state index in [9.17, 15) is 4.79 Å². The minimum Gasteiger partial charge on any atom is -0.492 e. The number of halogens is 2. The van der Waals surface area contributed by atoms with Gasteiger partial charge < -0.3 is 19.9 Å². The summed E-state index contributed by atoms with van der Waals surface area (Å²) in [5.41, 5.74) is -0.308. The van der Waals surface area contributed by atoms with Crippen molar-refractivity contribution < 1.29 is 9.53 Å². The van der Waals surface area contributed by atoms with Gasteiger partial charge in [0.15, 0.2) is 0 Å². The van der Waals surface area contributed by atoms with Crippen LogP contribution in [0.15, 0.2) is 18.2 Å². The summed E-state index contributed by atoms with van der Waals surface area (Å²) in [6.45, 7) is 8.19. The molecule has 0 unspecified atom stereocenters. The maximum Gasteiger partial charge on any atom is 0.317 e. The summed E-state index contributed by atoms with van der Waals surface area (Å²) in [6.07, 6.45) is 0. The highest BCUT2D eigenvalue weighted by molar-refractivity contribution is 6.34. The summed E-state index contributed by atoms with van der Waals surface area (Å²) >= 11 is 11.9. The van der Waals surface area contributed by atoms with Crippen LogP contribution >= 0.6 is 23.2 Å². The molecule has 5 nitrogen and oxygen atoms in total. The molecule has 0 heterocycles. The minimum absolute atomic E-state index is 0.0999. The van der Waals surface area contributed by atoms with Gasteiger partial charge in [0.25, 0.3) is 0 Å². The lowest BCUT2D eigenvalue weighted by molar-refractivity contribution is 0.127. The van der Waals surface area contributed by atoms with Crippen LogP contribution < -0.4 is 10.1 Å². The topological polar surface area (TPSA) is 44.8 Å². The monoisotopic (exact) mass is 375 g/mol. The first kappa shape index (κ1) is 20.9. The molecule has 0 atom stereocenters. The quantitative estimate of drug-likeness (QED) is 0.789. The summed E-state index contributed by atoms with van der Waals surface area (Å²) in [5, 5.41) is 3.98. The van der Waals surface area contributed by atoms with Crippen molar-refractivity contribution in [1.82, 2.24) is 15.1 Å². The number of amides is 2. The Morgan fingerprint density at radius 3 is 2.21 bits per heavy atom.